The Morgan fingerprint density at radius 3 is 2.95 bits per heavy atom. The van der Waals surface area contributed by atoms with Crippen LogP contribution in [0.1, 0.15) is 11.3 Å². The second kappa shape index (κ2) is 5.47. The Balaban J connectivity index is 1.85. The molecule has 102 valence electrons. The van der Waals surface area contributed by atoms with Crippen molar-refractivity contribution in [2.75, 3.05) is 5.32 Å². The molecule has 0 aliphatic heterocycles. The van der Waals surface area contributed by atoms with Crippen LogP contribution in [-0.2, 0) is 6.54 Å². The summed E-state index contributed by atoms with van der Waals surface area (Å²) >= 11 is 0. The fourth-order valence-corrected chi connectivity index (χ4v) is 2.08. The maximum Gasteiger partial charge on any atom is 0.258 e. The number of pyridine rings is 1. The Morgan fingerprint density at radius 2 is 2.10 bits per heavy atom. The Morgan fingerprint density at radius 1 is 1.19 bits per heavy atom. The molecule has 5 nitrogen and oxygen atoms in total. The van der Waals surface area contributed by atoms with Crippen molar-refractivity contribution >= 4 is 11.3 Å². The molecular weight excluding hydrogens is 264 g/mol. The summed E-state index contributed by atoms with van der Waals surface area (Å²) in [5, 5.41) is 12.0. The number of benzene rings is 1. The number of rotatable bonds is 3. The molecule has 0 aliphatic rings. The molecule has 3 aromatic rings. The van der Waals surface area contributed by atoms with Crippen molar-refractivity contribution in [1.29, 1.82) is 5.26 Å². The largest absolute Gasteiger partial charge is 0.379 e. The topological polar surface area (TPSA) is 70.2 Å². The van der Waals surface area contributed by atoms with Crippen LogP contribution in [0, 0.1) is 11.3 Å². The SMILES string of the molecule is N#Cc1cccc(NCc2cc(=O)n3ccccc3n2)c1. The van der Waals surface area contributed by atoms with E-state index in [-0.39, 0.29) is 5.56 Å². The van der Waals surface area contributed by atoms with E-state index >= 15 is 0 Å². The second-order valence-corrected chi connectivity index (χ2v) is 4.56. The standard InChI is InChI=1S/C16H12N4O/c17-10-12-4-3-5-13(8-12)18-11-14-9-16(21)20-7-2-1-6-15(20)19-14/h1-9,18H,11H2. The van der Waals surface area contributed by atoms with E-state index in [1.807, 2.05) is 18.2 Å². The van der Waals surface area contributed by atoms with Crippen LogP contribution in [0.25, 0.3) is 5.65 Å². The highest BCUT2D eigenvalue weighted by Gasteiger charge is 2.02. The van der Waals surface area contributed by atoms with E-state index in [1.54, 1.807) is 30.5 Å². The summed E-state index contributed by atoms with van der Waals surface area (Å²) in [6.07, 6.45) is 1.69. The van der Waals surface area contributed by atoms with Crippen molar-refractivity contribution in [1.82, 2.24) is 9.38 Å². The van der Waals surface area contributed by atoms with Gasteiger partial charge in [-0.2, -0.15) is 5.26 Å². The number of hydrogen-bond acceptors (Lipinski definition) is 4. The van der Waals surface area contributed by atoms with Crippen molar-refractivity contribution in [2.24, 2.45) is 0 Å². The highest BCUT2D eigenvalue weighted by Crippen LogP contribution is 2.10. The number of nitrogens with one attached hydrogen (secondary N) is 1. The Bertz CT molecular complexity index is 892. The second-order valence-electron chi connectivity index (χ2n) is 4.56. The van der Waals surface area contributed by atoms with E-state index in [9.17, 15) is 4.79 Å². The molecular formula is C16H12N4O. The van der Waals surface area contributed by atoms with Gasteiger partial charge >= 0.3 is 0 Å². The number of aromatic nitrogens is 2. The molecule has 0 radical (unpaired) electrons. The number of fused-ring (bicyclic) bond motifs is 1. The molecule has 0 aliphatic carbocycles. The van der Waals surface area contributed by atoms with Gasteiger partial charge in [0.15, 0.2) is 0 Å². The molecule has 2 aromatic heterocycles. The van der Waals surface area contributed by atoms with Gasteiger partial charge in [-0.3, -0.25) is 9.20 Å². The molecule has 1 aromatic carbocycles. The van der Waals surface area contributed by atoms with Crippen LogP contribution in [0.4, 0.5) is 5.69 Å². The van der Waals surface area contributed by atoms with Crippen LogP contribution in [0.3, 0.4) is 0 Å². The van der Waals surface area contributed by atoms with E-state index in [4.69, 9.17) is 5.26 Å². The van der Waals surface area contributed by atoms with Gasteiger partial charge in [0.05, 0.1) is 23.9 Å². The van der Waals surface area contributed by atoms with E-state index in [0.29, 0.717) is 23.4 Å². The van der Waals surface area contributed by atoms with Gasteiger partial charge in [0.2, 0.25) is 0 Å². The minimum Gasteiger partial charge on any atom is -0.379 e. The fourth-order valence-electron chi connectivity index (χ4n) is 2.08. The Labute approximate surface area is 121 Å². The predicted molar refractivity (Wildman–Crippen MR) is 79.9 cm³/mol. The van der Waals surface area contributed by atoms with Gasteiger partial charge in [-0.25, -0.2) is 4.98 Å². The molecule has 21 heavy (non-hydrogen) atoms. The summed E-state index contributed by atoms with van der Waals surface area (Å²) in [4.78, 5) is 16.4. The first kappa shape index (κ1) is 12.9. The summed E-state index contributed by atoms with van der Waals surface area (Å²) < 4.78 is 1.50. The zero-order valence-electron chi connectivity index (χ0n) is 11.2. The van der Waals surface area contributed by atoms with Crippen molar-refractivity contribution in [3.8, 4) is 6.07 Å². The van der Waals surface area contributed by atoms with Gasteiger partial charge in [-0.1, -0.05) is 12.1 Å². The zero-order chi connectivity index (χ0) is 14.7. The van der Waals surface area contributed by atoms with Crippen LogP contribution in [0.15, 0.2) is 59.5 Å². The van der Waals surface area contributed by atoms with Crippen molar-refractivity contribution in [3.05, 3.63) is 76.3 Å². The highest BCUT2D eigenvalue weighted by atomic mass is 16.1. The van der Waals surface area contributed by atoms with Gasteiger partial charge in [-0.15, -0.1) is 0 Å². The smallest absolute Gasteiger partial charge is 0.258 e. The van der Waals surface area contributed by atoms with E-state index < -0.39 is 0 Å². The number of nitriles is 1. The minimum absolute atomic E-state index is 0.108. The molecule has 0 bridgehead atoms. The maximum absolute atomic E-state index is 12.0. The average Bonchev–Trinajstić information content (AvgIpc) is 2.53. The quantitative estimate of drug-likeness (QED) is 0.796. The average molecular weight is 276 g/mol. The molecule has 0 saturated heterocycles. The summed E-state index contributed by atoms with van der Waals surface area (Å²) in [6.45, 7) is 0.426. The van der Waals surface area contributed by atoms with Crippen molar-refractivity contribution < 1.29 is 0 Å². The lowest BCUT2D eigenvalue weighted by Gasteiger charge is -2.07. The van der Waals surface area contributed by atoms with Gasteiger partial charge in [-0.05, 0) is 30.3 Å². The molecule has 1 N–H and O–H groups in total. The first-order chi connectivity index (χ1) is 10.3. The van der Waals surface area contributed by atoms with E-state index in [0.717, 1.165) is 5.69 Å². The number of anilines is 1. The lowest BCUT2D eigenvalue weighted by atomic mass is 10.2. The molecule has 0 amide bonds. The van der Waals surface area contributed by atoms with Crippen LogP contribution >= 0.6 is 0 Å². The van der Waals surface area contributed by atoms with Crippen LogP contribution < -0.4 is 10.9 Å². The van der Waals surface area contributed by atoms with Crippen LogP contribution in [-0.4, -0.2) is 9.38 Å². The number of nitrogens with zero attached hydrogens (tertiary/aromatic N) is 3. The van der Waals surface area contributed by atoms with Crippen molar-refractivity contribution in [3.63, 3.8) is 0 Å². The lowest BCUT2D eigenvalue weighted by Crippen LogP contribution is -2.16. The molecule has 0 fully saturated rings. The molecule has 3 rings (SSSR count). The zero-order valence-corrected chi connectivity index (χ0v) is 11.2. The highest BCUT2D eigenvalue weighted by molar-refractivity contribution is 5.49. The van der Waals surface area contributed by atoms with E-state index in [1.165, 1.54) is 10.5 Å². The maximum atomic E-state index is 12.0. The normalized spacial score (nSPS) is 10.2. The third-order valence-electron chi connectivity index (χ3n) is 3.09. The van der Waals surface area contributed by atoms with Crippen LogP contribution in [0.2, 0.25) is 0 Å². The first-order valence-corrected chi connectivity index (χ1v) is 6.47. The molecule has 0 atom stereocenters. The number of hydrogen-bond donors (Lipinski definition) is 1. The summed E-state index contributed by atoms with van der Waals surface area (Å²) in [5.74, 6) is 0. The van der Waals surface area contributed by atoms with Crippen LogP contribution in [0.5, 0.6) is 0 Å². The summed E-state index contributed by atoms with van der Waals surface area (Å²) in [5.41, 5.74) is 2.58. The Hall–Kier alpha value is -3.13. The molecule has 0 saturated carbocycles. The van der Waals surface area contributed by atoms with Gasteiger partial charge in [0.1, 0.15) is 5.65 Å². The Kier molecular flexibility index (Phi) is 3.36. The summed E-state index contributed by atoms with van der Waals surface area (Å²) in [6, 6.07) is 16.2. The monoisotopic (exact) mass is 276 g/mol. The van der Waals surface area contributed by atoms with Gasteiger partial charge in [0, 0.05) is 18.0 Å². The van der Waals surface area contributed by atoms with Crippen molar-refractivity contribution in [2.45, 2.75) is 6.54 Å². The molecule has 5 heteroatoms. The molecule has 0 spiro atoms. The first-order valence-electron chi connectivity index (χ1n) is 6.47. The lowest BCUT2D eigenvalue weighted by molar-refractivity contribution is 0.971. The molecule has 2 heterocycles. The summed E-state index contributed by atoms with van der Waals surface area (Å²) in [7, 11) is 0. The third kappa shape index (κ3) is 2.74. The minimum atomic E-state index is -0.108. The van der Waals surface area contributed by atoms with Gasteiger partial charge < -0.3 is 5.32 Å². The van der Waals surface area contributed by atoms with E-state index in [2.05, 4.69) is 16.4 Å². The predicted octanol–water partition coefficient (Wildman–Crippen LogP) is 2.18. The van der Waals surface area contributed by atoms with Gasteiger partial charge in [0.25, 0.3) is 5.56 Å². The molecule has 0 unspecified atom stereocenters. The fraction of sp³-hybridized carbons (Fsp3) is 0.0625. The third-order valence-corrected chi connectivity index (χ3v) is 3.09.